The summed E-state index contributed by atoms with van der Waals surface area (Å²) < 4.78 is 29.6. The number of hydrogen-bond acceptors (Lipinski definition) is 6. The maximum Gasteiger partial charge on any atom is 0.290 e. The molecule has 1 atom stereocenters. The number of methoxy groups -OCH3 is 1. The number of hydrogen-bond donors (Lipinski definition) is 1. The Morgan fingerprint density at radius 1 is 1.15 bits per heavy atom. The minimum Gasteiger partial charge on any atom is -0.503 e. The fourth-order valence-electron chi connectivity index (χ4n) is 3.85. The largest absolute Gasteiger partial charge is 0.503 e. The topological polar surface area (TPSA) is 89.2 Å². The second-order valence-electron chi connectivity index (χ2n) is 7.37. The molecule has 1 aliphatic heterocycles. The number of rotatable bonds is 8. The van der Waals surface area contributed by atoms with Gasteiger partial charge in [-0.05, 0) is 54.4 Å². The van der Waals surface area contributed by atoms with Crippen molar-refractivity contribution in [3.05, 3.63) is 94.9 Å². The number of halogens is 1. The monoisotopic (exact) mass is 451 g/mol. The number of carbonyl (C=O) groups excluding carboxylic acids is 2. The summed E-state index contributed by atoms with van der Waals surface area (Å²) in [6, 6.07) is 12.8. The number of Topliss-reactive ketones (excluding diaryl/α,β-unsaturated/α-hetero) is 1. The van der Waals surface area contributed by atoms with Gasteiger partial charge in [0, 0.05) is 6.54 Å². The van der Waals surface area contributed by atoms with Crippen molar-refractivity contribution in [3.8, 4) is 11.5 Å². The summed E-state index contributed by atoms with van der Waals surface area (Å²) in [5.41, 5.74) is 1.06. The van der Waals surface area contributed by atoms with Crippen molar-refractivity contribution < 1.29 is 33.0 Å². The molecule has 1 aromatic heterocycles. The van der Waals surface area contributed by atoms with Gasteiger partial charge in [0.1, 0.15) is 5.82 Å². The SMILES string of the molecule is CCOc1cc(C2C(C(=O)c3ccco3)=C(O)C(=O)N2Cc2ccc(F)cc2)ccc1OC. The Morgan fingerprint density at radius 3 is 2.55 bits per heavy atom. The van der Waals surface area contributed by atoms with Crippen LogP contribution >= 0.6 is 0 Å². The van der Waals surface area contributed by atoms with Crippen molar-refractivity contribution in [3.63, 3.8) is 0 Å². The Bertz CT molecular complexity index is 1200. The van der Waals surface area contributed by atoms with E-state index in [0.717, 1.165) is 0 Å². The van der Waals surface area contributed by atoms with E-state index in [1.54, 1.807) is 36.4 Å². The smallest absolute Gasteiger partial charge is 0.290 e. The molecular weight excluding hydrogens is 429 g/mol. The molecule has 2 aromatic carbocycles. The number of amides is 1. The zero-order chi connectivity index (χ0) is 23.5. The normalized spacial score (nSPS) is 15.8. The van der Waals surface area contributed by atoms with E-state index < -0.39 is 29.3 Å². The van der Waals surface area contributed by atoms with Crippen LogP contribution in [0.25, 0.3) is 0 Å². The van der Waals surface area contributed by atoms with Gasteiger partial charge in [-0.3, -0.25) is 9.59 Å². The van der Waals surface area contributed by atoms with Crippen LogP contribution < -0.4 is 9.47 Å². The lowest BCUT2D eigenvalue weighted by Gasteiger charge is -2.27. The van der Waals surface area contributed by atoms with Gasteiger partial charge >= 0.3 is 0 Å². The van der Waals surface area contributed by atoms with Crippen LogP contribution in [0.5, 0.6) is 11.5 Å². The van der Waals surface area contributed by atoms with Crippen LogP contribution in [0, 0.1) is 5.82 Å². The van der Waals surface area contributed by atoms with Gasteiger partial charge in [0.15, 0.2) is 23.0 Å². The predicted molar refractivity (Wildman–Crippen MR) is 117 cm³/mol. The van der Waals surface area contributed by atoms with Crippen LogP contribution in [0.1, 0.15) is 34.6 Å². The number of carbonyl (C=O) groups is 2. The van der Waals surface area contributed by atoms with Crippen LogP contribution in [0.4, 0.5) is 4.39 Å². The molecule has 0 fully saturated rings. The van der Waals surface area contributed by atoms with Gasteiger partial charge in [-0.2, -0.15) is 0 Å². The second-order valence-corrected chi connectivity index (χ2v) is 7.37. The fourth-order valence-corrected chi connectivity index (χ4v) is 3.85. The third kappa shape index (κ3) is 4.19. The summed E-state index contributed by atoms with van der Waals surface area (Å²) in [5, 5.41) is 10.7. The van der Waals surface area contributed by atoms with Crippen LogP contribution in [-0.4, -0.2) is 35.4 Å². The lowest BCUT2D eigenvalue weighted by molar-refractivity contribution is -0.130. The van der Waals surface area contributed by atoms with Crippen molar-refractivity contribution >= 4 is 11.7 Å². The van der Waals surface area contributed by atoms with E-state index in [2.05, 4.69) is 0 Å². The first-order valence-corrected chi connectivity index (χ1v) is 10.3. The first kappa shape index (κ1) is 22.1. The second kappa shape index (κ2) is 9.20. The molecule has 1 N–H and O–H groups in total. The molecule has 1 aliphatic rings. The quantitative estimate of drug-likeness (QED) is 0.504. The van der Waals surface area contributed by atoms with Gasteiger partial charge in [0.2, 0.25) is 5.78 Å². The lowest BCUT2D eigenvalue weighted by atomic mass is 9.94. The van der Waals surface area contributed by atoms with E-state index in [-0.39, 0.29) is 17.9 Å². The van der Waals surface area contributed by atoms with E-state index in [1.165, 1.54) is 36.5 Å². The van der Waals surface area contributed by atoms with Crippen molar-refractivity contribution in [2.75, 3.05) is 13.7 Å². The number of aliphatic hydroxyl groups is 1. The standard InChI is InChI=1S/C25H22FNO6/c1-3-32-20-13-16(8-11-18(20)31-2)22-21(23(28)19-5-4-12-33-19)24(29)25(30)27(22)14-15-6-9-17(26)10-7-15/h4-13,22,29H,3,14H2,1-2H3. The summed E-state index contributed by atoms with van der Waals surface area (Å²) >= 11 is 0. The number of ketones is 1. The molecule has 0 spiro atoms. The molecule has 1 amide bonds. The minimum atomic E-state index is -0.926. The lowest BCUT2D eigenvalue weighted by Crippen LogP contribution is -2.30. The highest BCUT2D eigenvalue weighted by molar-refractivity contribution is 6.15. The molecule has 0 bridgehead atoms. The van der Waals surface area contributed by atoms with Crippen molar-refractivity contribution in [2.24, 2.45) is 0 Å². The highest BCUT2D eigenvalue weighted by atomic mass is 19.1. The third-order valence-electron chi connectivity index (χ3n) is 5.36. The van der Waals surface area contributed by atoms with E-state index in [0.29, 0.717) is 29.2 Å². The van der Waals surface area contributed by atoms with Gasteiger partial charge in [-0.15, -0.1) is 0 Å². The number of aliphatic hydroxyl groups excluding tert-OH is 1. The molecule has 0 aliphatic carbocycles. The number of nitrogens with zero attached hydrogens (tertiary/aromatic N) is 1. The van der Waals surface area contributed by atoms with Gasteiger partial charge in [0.25, 0.3) is 5.91 Å². The zero-order valence-corrected chi connectivity index (χ0v) is 18.1. The van der Waals surface area contributed by atoms with Crippen LogP contribution in [0.15, 0.2) is 76.6 Å². The van der Waals surface area contributed by atoms with Crippen LogP contribution in [0.3, 0.4) is 0 Å². The van der Waals surface area contributed by atoms with E-state index in [4.69, 9.17) is 13.9 Å². The highest BCUT2D eigenvalue weighted by Crippen LogP contribution is 2.42. The third-order valence-corrected chi connectivity index (χ3v) is 5.36. The fraction of sp³-hybridized carbons (Fsp3) is 0.200. The Morgan fingerprint density at radius 2 is 1.91 bits per heavy atom. The van der Waals surface area contributed by atoms with Gasteiger partial charge in [-0.25, -0.2) is 4.39 Å². The summed E-state index contributed by atoms with van der Waals surface area (Å²) in [4.78, 5) is 27.7. The first-order chi connectivity index (χ1) is 15.9. The average Bonchev–Trinajstić information content (AvgIpc) is 3.44. The van der Waals surface area contributed by atoms with Crippen molar-refractivity contribution in [1.82, 2.24) is 4.90 Å². The van der Waals surface area contributed by atoms with Gasteiger partial charge in [0.05, 0.1) is 31.6 Å². The molecule has 33 heavy (non-hydrogen) atoms. The van der Waals surface area contributed by atoms with Crippen LogP contribution in [0.2, 0.25) is 0 Å². The summed E-state index contributed by atoms with van der Waals surface area (Å²) in [5.74, 6) is -1.47. The molecule has 7 nitrogen and oxygen atoms in total. The Balaban J connectivity index is 1.82. The Labute approximate surface area is 189 Å². The Kier molecular flexibility index (Phi) is 6.17. The van der Waals surface area contributed by atoms with Crippen LogP contribution in [-0.2, 0) is 11.3 Å². The number of ether oxygens (including phenoxy) is 2. The number of furan rings is 1. The van der Waals surface area contributed by atoms with E-state index in [1.807, 2.05) is 6.92 Å². The number of benzene rings is 2. The minimum absolute atomic E-state index is 0.00322. The molecule has 4 rings (SSSR count). The molecule has 0 saturated carbocycles. The first-order valence-electron chi connectivity index (χ1n) is 10.3. The molecule has 0 saturated heterocycles. The Hall–Kier alpha value is -4.07. The molecular formula is C25H22FNO6. The predicted octanol–water partition coefficient (Wildman–Crippen LogP) is 4.60. The zero-order valence-electron chi connectivity index (χ0n) is 18.1. The molecule has 3 aromatic rings. The van der Waals surface area contributed by atoms with Crippen molar-refractivity contribution in [1.29, 1.82) is 0 Å². The summed E-state index contributed by atoms with van der Waals surface area (Å²) in [6.45, 7) is 2.24. The van der Waals surface area contributed by atoms with Crippen molar-refractivity contribution in [2.45, 2.75) is 19.5 Å². The van der Waals surface area contributed by atoms with Gasteiger partial charge < -0.3 is 23.9 Å². The summed E-state index contributed by atoms with van der Waals surface area (Å²) in [7, 11) is 1.51. The maximum absolute atomic E-state index is 13.4. The van der Waals surface area contributed by atoms with Gasteiger partial charge in [-0.1, -0.05) is 18.2 Å². The maximum atomic E-state index is 13.4. The highest BCUT2D eigenvalue weighted by Gasteiger charge is 2.44. The summed E-state index contributed by atoms with van der Waals surface area (Å²) in [6.07, 6.45) is 1.34. The van der Waals surface area contributed by atoms with E-state index in [9.17, 15) is 19.1 Å². The molecule has 170 valence electrons. The molecule has 2 heterocycles. The molecule has 1 unspecified atom stereocenters. The molecule has 0 radical (unpaired) electrons. The average molecular weight is 451 g/mol. The van der Waals surface area contributed by atoms with E-state index >= 15 is 0 Å². The molecule has 8 heteroatoms.